The lowest BCUT2D eigenvalue weighted by Crippen LogP contribution is -2.35. The number of Topliss-reactive ketones (excluding diaryl/α,β-unsaturated/α-hetero) is 1. The monoisotopic (exact) mass is 246 g/mol. The molecule has 18 heavy (non-hydrogen) atoms. The van der Waals surface area contributed by atoms with Gasteiger partial charge in [0.2, 0.25) is 0 Å². The highest BCUT2D eigenvalue weighted by atomic mass is 16.5. The maximum atomic E-state index is 11.9. The molecular weight excluding hydrogens is 232 g/mol. The van der Waals surface area contributed by atoms with Gasteiger partial charge in [0.15, 0.2) is 5.78 Å². The van der Waals surface area contributed by atoms with Gasteiger partial charge in [-0.15, -0.1) is 6.42 Å². The molecule has 0 aromatic heterocycles. The maximum absolute atomic E-state index is 11.9. The third-order valence-corrected chi connectivity index (χ3v) is 2.63. The Bertz CT molecular complexity index is 537. The summed E-state index contributed by atoms with van der Waals surface area (Å²) in [5, 5.41) is 9.84. The van der Waals surface area contributed by atoms with Crippen LogP contribution in [0.3, 0.4) is 0 Å². The van der Waals surface area contributed by atoms with Crippen LogP contribution in [0.2, 0.25) is 0 Å². The van der Waals surface area contributed by atoms with Crippen LogP contribution in [-0.4, -0.2) is 23.1 Å². The Morgan fingerprint density at radius 3 is 2.94 bits per heavy atom. The molecule has 0 aliphatic carbocycles. The fourth-order valence-electron chi connectivity index (χ4n) is 1.95. The molecule has 4 heteroatoms. The van der Waals surface area contributed by atoms with Gasteiger partial charge in [0.25, 0.3) is 0 Å². The fraction of sp³-hybridized carbons (Fsp3) is 0.357. The molecular formula is C14H14O4. The normalized spacial score (nSPS) is 16.4. The van der Waals surface area contributed by atoms with Crippen LogP contribution in [0, 0.1) is 12.3 Å². The molecule has 0 saturated heterocycles. The molecule has 0 radical (unpaired) electrons. The van der Waals surface area contributed by atoms with Crippen molar-refractivity contribution in [3.8, 4) is 29.6 Å². The van der Waals surface area contributed by atoms with Crippen molar-refractivity contribution in [3.05, 3.63) is 17.7 Å². The van der Waals surface area contributed by atoms with Crippen LogP contribution >= 0.6 is 0 Å². The number of phenols is 1. The summed E-state index contributed by atoms with van der Waals surface area (Å²) >= 11 is 0. The molecule has 0 bridgehead atoms. The fourth-order valence-corrected chi connectivity index (χ4v) is 1.95. The summed E-state index contributed by atoms with van der Waals surface area (Å²) in [6.45, 7) is 3.73. The summed E-state index contributed by atoms with van der Waals surface area (Å²) in [4.78, 5) is 11.9. The van der Waals surface area contributed by atoms with E-state index in [1.807, 2.05) is 13.8 Å². The topological polar surface area (TPSA) is 55.8 Å². The molecule has 1 aliphatic heterocycles. The molecule has 0 fully saturated rings. The van der Waals surface area contributed by atoms with Crippen LogP contribution in [0.1, 0.15) is 30.6 Å². The SMILES string of the molecule is C#CCOc1cc(O)c2c(c1)OC(C)(C)CC2=O. The highest BCUT2D eigenvalue weighted by Gasteiger charge is 2.34. The summed E-state index contributed by atoms with van der Waals surface area (Å²) in [6.07, 6.45) is 5.33. The highest BCUT2D eigenvalue weighted by Crippen LogP contribution is 2.40. The third kappa shape index (κ3) is 2.25. The third-order valence-electron chi connectivity index (χ3n) is 2.63. The number of benzene rings is 1. The summed E-state index contributed by atoms with van der Waals surface area (Å²) in [5.74, 6) is 2.77. The maximum Gasteiger partial charge on any atom is 0.174 e. The second-order valence-corrected chi connectivity index (χ2v) is 4.77. The standard InChI is InChI=1S/C14H14O4/c1-4-5-17-9-6-10(15)13-11(16)8-14(2,3)18-12(13)7-9/h1,6-7,15H,5,8H2,2-3H3. The molecule has 1 N–H and O–H groups in total. The van der Waals surface area contributed by atoms with Gasteiger partial charge in [0.1, 0.15) is 35.0 Å². The van der Waals surface area contributed by atoms with Crippen LogP contribution in [0.15, 0.2) is 12.1 Å². The van der Waals surface area contributed by atoms with E-state index in [1.165, 1.54) is 6.07 Å². The Balaban J connectivity index is 2.43. The quantitative estimate of drug-likeness (QED) is 0.812. The molecule has 2 rings (SSSR count). The summed E-state index contributed by atoms with van der Waals surface area (Å²) in [5.41, 5.74) is -0.372. The first kappa shape index (κ1) is 12.3. The summed E-state index contributed by atoms with van der Waals surface area (Å²) in [7, 11) is 0. The van der Waals surface area contributed by atoms with Gasteiger partial charge < -0.3 is 14.6 Å². The van der Waals surface area contributed by atoms with Gasteiger partial charge in [-0.25, -0.2) is 0 Å². The Morgan fingerprint density at radius 2 is 2.28 bits per heavy atom. The average Bonchev–Trinajstić information content (AvgIpc) is 2.23. The number of terminal acetylenes is 1. The number of aromatic hydroxyl groups is 1. The lowest BCUT2D eigenvalue weighted by atomic mass is 9.92. The van der Waals surface area contributed by atoms with Gasteiger partial charge >= 0.3 is 0 Å². The molecule has 0 amide bonds. The number of carbonyl (C=O) groups is 1. The van der Waals surface area contributed by atoms with Crippen molar-refractivity contribution in [2.45, 2.75) is 25.9 Å². The Hall–Kier alpha value is -2.15. The first-order valence-electron chi connectivity index (χ1n) is 5.58. The molecule has 94 valence electrons. The second-order valence-electron chi connectivity index (χ2n) is 4.77. The minimum atomic E-state index is -0.582. The van der Waals surface area contributed by atoms with Gasteiger partial charge in [0, 0.05) is 12.1 Å². The van der Waals surface area contributed by atoms with E-state index < -0.39 is 5.60 Å². The van der Waals surface area contributed by atoms with Crippen LogP contribution in [0.4, 0.5) is 0 Å². The van der Waals surface area contributed by atoms with Crippen LogP contribution in [0.25, 0.3) is 0 Å². The van der Waals surface area contributed by atoms with E-state index in [0.717, 1.165) is 0 Å². The minimum Gasteiger partial charge on any atom is -0.507 e. The predicted octanol–water partition coefficient (Wildman–Crippen LogP) is 2.15. The minimum absolute atomic E-state index is 0.0928. The Morgan fingerprint density at radius 1 is 1.56 bits per heavy atom. The van der Waals surface area contributed by atoms with Crippen molar-refractivity contribution < 1.29 is 19.4 Å². The zero-order valence-corrected chi connectivity index (χ0v) is 10.3. The molecule has 1 heterocycles. The van der Waals surface area contributed by atoms with Gasteiger partial charge in [-0.05, 0) is 13.8 Å². The average molecular weight is 246 g/mol. The summed E-state index contributed by atoms with van der Waals surface area (Å²) < 4.78 is 10.9. The Kier molecular flexibility index (Phi) is 2.92. The predicted molar refractivity (Wildman–Crippen MR) is 66.1 cm³/mol. The van der Waals surface area contributed by atoms with E-state index in [4.69, 9.17) is 15.9 Å². The van der Waals surface area contributed by atoms with Crippen molar-refractivity contribution in [1.29, 1.82) is 0 Å². The molecule has 0 spiro atoms. The summed E-state index contributed by atoms with van der Waals surface area (Å²) in [6, 6.07) is 2.95. The smallest absolute Gasteiger partial charge is 0.174 e. The number of fused-ring (bicyclic) bond motifs is 1. The van der Waals surface area contributed by atoms with Crippen molar-refractivity contribution in [2.24, 2.45) is 0 Å². The van der Waals surface area contributed by atoms with Crippen molar-refractivity contribution >= 4 is 5.78 Å². The van der Waals surface area contributed by atoms with E-state index in [0.29, 0.717) is 11.5 Å². The van der Waals surface area contributed by atoms with Gasteiger partial charge in [-0.2, -0.15) is 0 Å². The van der Waals surface area contributed by atoms with Crippen LogP contribution in [-0.2, 0) is 0 Å². The highest BCUT2D eigenvalue weighted by molar-refractivity contribution is 6.03. The van der Waals surface area contributed by atoms with Gasteiger partial charge in [0.05, 0.1) is 6.42 Å². The van der Waals surface area contributed by atoms with E-state index in [1.54, 1.807) is 6.07 Å². The molecule has 1 aromatic rings. The van der Waals surface area contributed by atoms with Crippen molar-refractivity contribution in [1.82, 2.24) is 0 Å². The number of rotatable bonds is 2. The molecule has 1 aliphatic rings. The Labute approximate surface area is 106 Å². The van der Waals surface area contributed by atoms with E-state index >= 15 is 0 Å². The zero-order valence-electron chi connectivity index (χ0n) is 10.3. The molecule has 1 aromatic carbocycles. The second kappa shape index (κ2) is 4.26. The van der Waals surface area contributed by atoms with Gasteiger partial charge in [-0.3, -0.25) is 4.79 Å². The van der Waals surface area contributed by atoms with Crippen LogP contribution in [0.5, 0.6) is 17.2 Å². The molecule has 0 saturated carbocycles. The number of phenolic OH excluding ortho intramolecular Hbond substituents is 1. The largest absolute Gasteiger partial charge is 0.507 e. The van der Waals surface area contributed by atoms with Crippen molar-refractivity contribution in [2.75, 3.05) is 6.61 Å². The number of ether oxygens (including phenoxy) is 2. The number of carbonyl (C=O) groups excluding carboxylic acids is 1. The number of hydrogen-bond acceptors (Lipinski definition) is 4. The van der Waals surface area contributed by atoms with Gasteiger partial charge in [-0.1, -0.05) is 5.92 Å². The lowest BCUT2D eigenvalue weighted by Gasteiger charge is -2.31. The lowest BCUT2D eigenvalue weighted by molar-refractivity contribution is 0.0613. The first-order chi connectivity index (χ1) is 8.43. The van der Waals surface area contributed by atoms with E-state index in [9.17, 15) is 9.90 Å². The molecule has 0 atom stereocenters. The van der Waals surface area contributed by atoms with E-state index in [2.05, 4.69) is 5.92 Å². The molecule has 0 unspecified atom stereocenters. The van der Waals surface area contributed by atoms with E-state index in [-0.39, 0.29) is 30.1 Å². The number of ketones is 1. The first-order valence-corrected chi connectivity index (χ1v) is 5.58. The number of hydrogen-bond donors (Lipinski definition) is 1. The molecule has 4 nitrogen and oxygen atoms in total. The van der Waals surface area contributed by atoms with Crippen LogP contribution < -0.4 is 9.47 Å². The zero-order chi connectivity index (χ0) is 13.3. The van der Waals surface area contributed by atoms with Crippen molar-refractivity contribution in [3.63, 3.8) is 0 Å².